The zero-order valence-corrected chi connectivity index (χ0v) is 9.76. The van der Waals surface area contributed by atoms with Gasteiger partial charge in [0.05, 0.1) is 6.61 Å². The molecule has 1 N–H and O–H groups in total. The second kappa shape index (κ2) is 6.81. The normalized spacial score (nSPS) is 11.9. The summed E-state index contributed by atoms with van der Waals surface area (Å²) in [6, 6.07) is 9.19. The molecule has 0 aliphatic carbocycles. The Morgan fingerprint density at radius 2 is 1.94 bits per heavy atom. The van der Waals surface area contributed by atoms with Crippen LogP contribution in [0.1, 0.15) is 12.5 Å². The van der Waals surface area contributed by atoms with Gasteiger partial charge in [-0.25, -0.2) is 0 Å². The zero-order chi connectivity index (χ0) is 12.7. The van der Waals surface area contributed by atoms with E-state index in [0.29, 0.717) is 0 Å². The number of rotatable bonds is 6. The molecule has 0 aromatic heterocycles. The van der Waals surface area contributed by atoms with Crippen LogP contribution in [0.25, 0.3) is 0 Å². The lowest BCUT2D eigenvalue weighted by Crippen LogP contribution is -2.30. The van der Waals surface area contributed by atoms with Crippen molar-refractivity contribution in [2.45, 2.75) is 13.3 Å². The van der Waals surface area contributed by atoms with Crippen molar-refractivity contribution >= 4 is 11.8 Å². The maximum atomic E-state index is 11.6. The molecule has 0 bridgehead atoms. The lowest BCUT2D eigenvalue weighted by atomic mass is 9.95. The summed E-state index contributed by atoms with van der Waals surface area (Å²) in [7, 11) is 0. The number of Topliss-reactive ketones (excluding diaryl/α,β-unsaturated/α-hetero) is 1. The molecule has 0 radical (unpaired) electrons. The molecule has 0 fully saturated rings. The molecule has 17 heavy (non-hydrogen) atoms. The van der Waals surface area contributed by atoms with Crippen molar-refractivity contribution in [2.75, 3.05) is 13.2 Å². The number of carbonyl (C=O) groups is 2. The summed E-state index contributed by atoms with van der Waals surface area (Å²) in [4.78, 5) is 23.1. The Kier molecular flexibility index (Phi) is 5.36. The standard InChI is InChI=1S/C13H16O4/c1-2-17-13(16)11(12(15)9-14)8-10-6-4-3-5-7-10/h3-7,11,14H,2,8-9H2,1H3/t11-/m1/s1. The summed E-state index contributed by atoms with van der Waals surface area (Å²) in [6.45, 7) is 1.26. The van der Waals surface area contributed by atoms with E-state index in [0.717, 1.165) is 5.56 Å². The molecule has 4 nitrogen and oxygen atoms in total. The average molecular weight is 236 g/mol. The van der Waals surface area contributed by atoms with Gasteiger partial charge < -0.3 is 9.84 Å². The van der Waals surface area contributed by atoms with Crippen LogP contribution in [0.2, 0.25) is 0 Å². The summed E-state index contributed by atoms with van der Waals surface area (Å²) in [5.41, 5.74) is 0.868. The van der Waals surface area contributed by atoms with E-state index in [9.17, 15) is 9.59 Å². The molecule has 0 saturated heterocycles. The highest BCUT2D eigenvalue weighted by Crippen LogP contribution is 2.11. The fraction of sp³-hybridized carbons (Fsp3) is 0.385. The number of benzene rings is 1. The van der Waals surface area contributed by atoms with Crippen LogP contribution in [-0.2, 0) is 20.7 Å². The van der Waals surface area contributed by atoms with Crippen molar-refractivity contribution in [3.05, 3.63) is 35.9 Å². The largest absolute Gasteiger partial charge is 0.465 e. The summed E-state index contributed by atoms with van der Waals surface area (Å²) in [5.74, 6) is -2.00. The Balaban J connectivity index is 2.77. The third kappa shape index (κ3) is 4.00. The summed E-state index contributed by atoms with van der Waals surface area (Å²) >= 11 is 0. The van der Waals surface area contributed by atoms with Crippen LogP contribution in [0, 0.1) is 5.92 Å². The van der Waals surface area contributed by atoms with Gasteiger partial charge in [-0.15, -0.1) is 0 Å². The van der Waals surface area contributed by atoms with Crippen molar-refractivity contribution < 1.29 is 19.4 Å². The predicted octanol–water partition coefficient (Wildman–Crippen LogP) is 0.970. The Morgan fingerprint density at radius 1 is 1.29 bits per heavy atom. The molecule has 0 aliphatic heterocycles. The third-order valence-electron chi connectivity index (χ3n) is 2.40. The van der Waals surface area contributed by atoms with E-state index >= 15 is 0 Å². The Labute approximate surface area is 100 Å². The number of aliphatic hydroxyl groups excluding tert-OH is 1. The van der Waals surface area contributed by atoms with Gasteiger partial charge in [-0.1, -0.05) is 30.3 Å². The molecule has 0 unspecified atom stereocenters. The highest BCUT2D eigenvalue weighted by Gasteiger charge is 2.27. The molecule has 0 spiro atoms. The molecule has 92 valence electrons. The molecular weight excluding hydrogens is 220 g/mol. The van der Waals surface area contributed by atoms with Gasteiger partial charge >= 0.3 is 5.97 Å². The van der Waals surface area contributed by atoms with E-state index < -0.39 is 24.3 Å². The van der Waals surface area contributed by atoms with Crippen LogP contribution in [0.15, 0.2) is 30.3 Å². The molecule has 1 rings (SSSR count). The van der Waals surface area contributed by atoms with Crippen LogP contribution >= 0.6 is 0 Å². The first-order valence-corrected chi connectivity index (χ1v) is 5.53. The van der Waals surface area contributed by atoms with Gasteiger partial charge in [-0.05, 0) is 18.9 Å². The first kappa shape index (κ1) is 13.4. The van der Waals surface area contributed by atoms with Gasteiger partial charge in [0.1, 0.15) is 12.5 Å². The molecule has 1 aromatic rings. The fourth-order valence-electron chi connectivity index (χ4n) is 1.53. The number of aliphatic hydroxyl groups is 1. The van der Waals surface area contributed by atoms with Crippen molar-refractivity contribution in [3.8, 4) is 0 Å². The van der Waals surface area contributed by atoms with Crippen molar-refractivity contribution in [3.63, 3.8) is 0 Å². The third-order valence-corrected chi connectivity index (χ3v) is 2.40. The fourth-order valence-corrected chi connectivity index (χ4v) is 1.53. The van der Waals surface area contributed by atoms with Crippen LogP contribution in [0.3, 0.4) is 0 Å². The lowest BCUT2D eigenvalue weighted by Gasteiger charge is -2.13. The molecule has 1 atom stereocenters. The van der Waals surface area contributed by atoms with Gasteiger partial charge in [0, 0.05) is 0 Å². The lowest BCUT2D eigenvalue weighted by molar-refractivity contribution is -0.152. The molecule has 0 saturated carbocycles. The molecule has 0 aliphatic rings. The maximum Gasteiger partial charge on any atom is 0.316 e. The van der Waals surface area contributed by atoms with E-state index in [1.807, 2.05) is 30.3 Å². The first-order valence-electron chi connectivity index (χ1n) is 5.53. The number of hydrogen-bond acceptors (Lipinski definition) is 4. The van der Waals surface area contributed by atoms with Crippen LogP contribution in [0.4, 0.5) is 0 Å². The minimum Gasteiger partial charge on any atom is -0.465 e. The second-order valence-electron chi connectivity index (χ2n) is 3.62. The minimum absolute atomic E-state index is 0.225. The topological polar surface area (TPSA) is 63.6 Å². The number of ether oxygens (including phenoxy) is 1. The van der Waals surface area contributed by atoms with Crippen LogP contribution in [0.5, 0.6) is 0 Å². The zero-order valence-electron chi connectivity index (χ0n) is 9.76. The van der Waals surface area contributed by atoms with E-state index in [1.54, 1.807) is 6.92 Å². The van der Waals surface area contributed by atoms with E-state index in [-0.39, 0.29) is 13.0 Å². The predicted molar refractivity (Wildman–Crippen MR) is 62.4 cm³/mol. The molecule has 4 heteroatoms. The van der Waals surface area contributed by atoms with Gasteiger partial charge in [0.15, 0.2) is 5.78 Å². The van der Waals surface area contributed by atoms with Crippen LogP contribution < -0.4 is 0 Å². The Morgan fingerprint density at radius 3 is 2.47 bits per heavy atom. The second-order valence-corrected chi connectivity index (χ2v) is 3.62. The molecule has 0 amide bonds. The number of ketones is 1. The van der Waals surface area contributed by atoms with Crippen LogP contribution in [-0.4, -0.2) is 30.1 Å². The SMILES string of the molecule is CCOC(=O)[C@H](Cc1ccccc1)C(=O)CO. The minimum atomic E-state index is -0.914. The number of hydrogen-bond donors (Lipinski definition) is 1. The average Bonchev–Trinajstić information content (AvgIpc) is 2.36. The van der Waals surface area contributed by atoms with E-state index in [4.69, 9.17) is 9.84 Å². The van der Waals surface area contributed by atoms with Crippen molar-refractivity contribution in [1.82, 2.24) is 0 Å². The number of esters is 1. The quantitative estimate of drug-likeness (QED) is 0.590. The van der Waals surface area contributed by atoms with E-state index in [1.165, 1.54) is 0 Å². The highest BCUT2D eigenvalue weighted by atomic mass is 16.5. The van der Waals surface area contributed by atoms with Gasteiger partial charge in [-0.2, -0.15) is 0 Å². The Hall–Kier alpha value is -1.68. The number of carbonyl (C=O) groups excluding carboxylic acids is 2. The van der Waals surface area contributed by atoms with Gasteiger partial charge in [0.2, 0.25) is 0 Å². The van der Waals surface area contributed by atoms with Gasteiger partial charge in [0.25, 0.3) is 0 Å². The maximum absolute atomic E-state index is 11.6. The summed E-state index contributed by atoms with van der Waals surface area (Å²) in [6.07, 6.45) is 0.263. The summed E-state index contributed by atoms with van der Waals surface area (Å²) in [5, 5.41) is 8.84. The molecule has 1 aromatic carbocycles. The first-order chi connectivity index (χ1) is 8.19. The monoisotopic (exact) mass is 236 g/mol. The molecular formula is C13H16O4. The van der Waals surface area contributed by atoms with Gasteiger partial charge in [-0.3, -0.25) is 9.59 Å². The highest BCUT2D eigenvalue weighted by molar-refractivity contribution is 5.99. The Bertz CT molecular complexity index is 372. The molecule has 0 heterocycles. The van der Waals surface area contributed by atoms with Crippen molar-refractivity contribution in [1.29, 1.82) is 0 Å². The van der Waals surface area contributed by atoms with Crippen molar-refractivity contribution in [2.24, 2.45) is 5.92 Å². The smallest absolute Gasteiger partial charge is 0.316 e. The van der Waals surface area contributed by atoms with E-state index in [2.05, 4.69) is 0 Å². The summed E-state index contributed by atoms with van der Waals surface area (Å²) < 4.78 is 4.83.